The largest absolute Gasteiger partial charge is 0.489 e. The van der Waals surface area contributed by atoms with Crippen LogP contribution in [0.5, 0.6) is 5.75 Å². The van der Waals surface area contributed by atoms with Crippen molar-refractivity contribution in [3.05, 3.63) is 65.2 Å². The Hall–Kier alpha value is -2.41. The van der Waals surface area contributed by atoms with E-state index in [0.29, 0.717) is 11.3 Å². The Kier molecular flexibility index (Phi) is 3.54. The quantitative estimate of drug-likeness (QED) is 0.830. The number of halogens is 2. The topological polar surface area (TPSA) is 33.0 Å². The molecule has 90 valence electrons. The fraction of sp³-hybridized carbons (Fsp3) is 0.0714. The van der Waals surface area contributed by atoms with Gasteiger partial charge < -0.3 is 4.74 Å². The van der Waals surface area contributed by atoms with Crippen molar-refractivity contribution in [2.24, 2.45) is 0 Å². The zero-order valence-electron chi connectivity index (χ0n) is 9.36. The van der Waals surface area contributed by atoms with Gasteiger partial charge in [-0.1, -0.05) is 12.1 Å². The fourth-order valence-corrected chi connectivity index (χ4v) is 1.47. The van der Waals surface area contributed by atoms with Gasteiger partial charge in [-0.2, -0.15) is 5.26 Å². The SMILES string of the molecule is N#Cc1cc(COc2cccc(F)c2)ccc1F. The Bertz CT molecular complexity index is 605. The Morgan fingerprint density at radius 3 is 2.67 bits per heavy atom. The van der Waals surface area contributed by atoms with E-state index in [-0.39, 0.29) is 18.0 Å². The molecule has 0 amide bonds. The molecule has 0 fully saturated rings. The zero-order chi connectivity index (χ0) is 13.0. The van der Waals surface area contributed by atoms with Crippen molar-refractivity contribution >= 4 is 0 Å². The Morgan fingerprint density at radius 2 is 1.94 bits per heavy atom. The number of nitrogens with zero attached hydrogens (tertiary/aromatic N) is 1. The highest BCUT2D eigenvalue weighted by Gasteiger charge is 2.03. The third kappa shape index (κ3) is 2.83. The minimum Gasteiger partial charge on any atom is -0.489 e. The van der Waals surface area contributed by atoms with Gasteiger partial charge in [-0.15, -0.1) is 0 Å². The summed E-state index contributed by atoms with van der Waals surface area (Å²) in [5.74, 6) is -0.561. The monoisotopic (exact) mass is 245 g/mol. The summed E-state index contributed by atoms with van der Waals surface area (Å²) in [5, 5.41) is 8.68. The molecule has 0 radical (unpaired) electrons. The third-order valence-electron chi connectivity index (χ3n) is 2.35. The second-order valence-corrected chi connectivity index (χ2v) is 3.67. The molecule has 2 rings (SSSR count). The van der Waals surface area contributed by atoms with Gasteiger partial charge in [0.05, 0.1) is 5.56 Å². The van der Waals surface area contributed by atoms with Gasteiger partial charge in [0.1, 0.15) is 30.1 Å². The molecule has 0 bridgehead atoms. The van der Waals surface area contributed by atoms with Gasteiger partial charge in [0, 0.05) is 6.07 Å². The van der Waals surface area contributed by atoms with Gasteiger partial charge in [0.15, 0.2) is 0 Å². The highest BCUT2D eigenvalue weighted by Crippen LogP contribution is 2.15. The molecule has 0 aliphatic heterocycles. The predicted octanol–water partition coefficient (Wildman–Crippen LogP) is 3.42. The van der Waals surface area contributed by atoms with Crippen molar-refractivity contribution in [3.63, 3.8) is 0 Å². The Labute approximate surface area is 103 Å². The van der Waals surface area contributed by atoms with E-state index in [9.17, 15) is 8.78 Å². The van der Waals surface area contributed by atoms with Crippen LogP contribution < -0.4 is 4.74 Å². The van der Waals surface area contributed by atoms with Crippen LogP contribution in [0.2, 0.25) is 0 Å². The smallest absolute Gasteiger partial charge is 0.140 e. The Morgan fingerprint density at radius 1 is 1.11 bits per heavy atom. The summed E-state index contributed by atoms with van der Waals surface area (Å²) in [6.45, 7) is 0.151. The summed E-state index contributed by atoms with van der Waals surface area (Å²) < 4.78 is 31.3. The van der Waals surface area contributed by atoms with Crippen molar-refractivity contribution in [3.8, 4) is 11.8 Å². The summed E-state index contributed by atoms with van der Waals surface area (Å²) in [5.41, 5.74) is 0.618. The van der Waals surface area contributed by atoms with E-state index in [0.717, 1.165) is 0 Å². The second kappa shape index (κ2) is 5.28. The maximum atomic E-state index is 13.1. The summed E-state index contributed by atoms with van der Waals surface area (Å²) in [6, 6.07) is 11.6. The average Bonchev–Trinajstić information content (AvgIpc) is 2.38. The lowest BCUT2D eigenvalue weighted by Gasteiger charge is -2.06. The molecule has 0 N–H and O–H groups in total. The van der Waals surface area contributed by atoms with Gasteiger partial charge >= 0.3 is 0 Å². The molecule has 0 heterocycles. The summed E-state index contributed by atoms with van der Waals surface area (Å²) in [4.78, 5) is 0. The van der Waals surface area contributed by atoms with Crippen LogP contribution in [0.3, 0.4) is 0 Å². The summed E-state index contributed by atoms with van der Waals surface area (Å²) >= 11 is 0. The summed E-state index contributed by atoms with van der Waals surface area (Å²) in [6.07, 6.45) is 0. The van der Waals surface area contributed by atoms with Crippen LogP contribution in [0.1, 0.15) is 11.1 Å². The fourth-order valence-electron chi connectivity index (χ4n) is 1.47. The highest BCUT2D eigenvalue weighted by molar-refractivity contribution is 5.34. The molecule has 2 aromatic rings. The van der Waals surface area contributed by atoms with E-state index in [2.05, 4.69) is 0 Å². The first kappa shape index (κ1) is 12.1. The molecule has 0 aliphatic rings. The first-order valence-corrected chi connectivity index (χ1v) is 5.26. The number of benzene rings is 2. The van der Waals surface area contributed by atoms with Crippen molar-refractivity contribution in [2.45, 2.75) is 6.61 Å². The molecule has 0 saturated heterocycles. The molecule has 4 heteroatoms. The molecule has 0 atom stereocenters. The van der Waals surface area contributed by atoms with Gasteiger partial charge in [-0.25, -0.2) is 8.78 Å². The first-order chi connectivity index (χ1) is 8.69. The highest BCUT2D eigenvalue weighted by atomic mass is 19.1. The lowest BCUT2D eigenvalue weighted by Crippen LogP contribution is -1.97. The molecule has 0 unspecified atom stereocenters. The lowest BCUT2D eigenvalue weighted by atomic mass is 10.1. The Balaban J connectivity index is 2.09. The predicted molar refractivity (Wildman–Crippen MR) is 61.8 cm³/mol. The van der Waals surface area contributed by atoms with Crippen LogP contribution in [0, 0.1) is 23.0 Å². The minimum absolute atomic E-state index is 0.0321. The van der Waals surface area contributed by atoms with Crippen LogP contribution in [0.25, 0.3) is 0 Å². The lowest BCUT2D eigenvalue weighted by molar-refractivity contribution is 0.304. The van der Waals surface area contributed by atoms with Crippen molar-refractivity contribution in [1.82, 2.24) is 0 Å². The number of ether oxygens (including phenoxy) is 1. The maximum Gasteiger partial charge on any atom is 0.140 e. The average molecular weight is 245 g/mol. The standard InChI is InChI=1S/C14H9F2NO/c15-12-2-1-3-13(7-12)18-9-10-4-5-14(16)11(6-10)8-17/h1-7H,9H2. The molecule has 0 saturated carbocycles. The number of hydrogen-bond donors (Lipinski definition) is 0. The molecular weight excluding hydrogens is 236 g/mol. The molecule has 0 aromatic heterocycles. The number of nitriles is 1. The second-order valence-electron chi connectivity index (χ2n) is 3.67. The van der Waals surface area contributed by atoms with E-state index in [1.54, 1.807) is 12.1 Å². The van der Waals surface area contributed by atoms with Crippen molar-refractivity contribution in [2.75, 3.05) is 0 Å². The number of hydrogen-bond acceptors (Lipinski definition) is 2. The zero-order valence-corrected chi connectivity index (χ0v) is 9.36. The van der Waals surface area contributed by atoms with Crippen LogP contribution in [0.4, 0.5) is 8.78 Å². The summed E-state index contributed by atoms with van der Waals surface area (Å²) in [7, 11) is 0. The molecule has 0 aliphatic carbocycles. The van der Waals surface area contributed by atoms with Gasteiger partial charge in [-0.3, -0.25) is 0 Å². The van der Waals surface area contributed by atoms with Crippen LogP contribution >= 0.6 is 0 Å². The van der Waals surface area contributed by atoms with Gasteiger partial charge in [-0.05, 0) is 29.8 Å². The van der Waals surface area contributed by atoms with E-state index >= 15 is 0 Å². The van der Waals surface area contributed by atoms with E-state index < -0.39 is 5.82 Å². The van der Waals surface area contributed by atoms with Crippen molar-refractivity contribution in [1.29, 1.82) is 5.26 Å². The van der Waals surface area contributed by atoms with Crippen LogP contribution in [-0.2, 0) is 6.61 Å². The van der Waals surface area contributed by atoms with E-state index in [4.69, 9.17) is 10.00 Å². The molecule has 2 nitrogen and oxygen atoms in total. The van der Waals surface area contributed by atoms with Crippen LogP contribution in [-0.4, -0.2) is 0 Å². The van der Waals surface area contributed by atoms with Crippen molar-refractivity contribution < 1.29 is 13.5 Å². The molecule has 2 aromatic carbocycles. The normalized spacial score (nSPS) is 9.83. The maximum absolute atomic E-state index is 13.1. The van der Waals surface area contributed by atoms with Gasteiger partial charge in [0.25, 0.3) is 0 Å². The van der Waals surface area contributed by atoms with Gasteiger partial charge in [0.2, 0.25) is 0 Å². The third-order valence-corrected chi connectivity index (χ3v) is 2.35. The molecule has 18 heavy (non-hydrogen) atoms. The van der Waals surface area contributed by atoms with Crippen LogP contribution in [0.15, 0.2) is 42.5 Å². The molecule has 0 spiro atoms. The minimum atomic E-state index is -0.563. The first-order valence-electron chi connectivity index (χ1n) is 5.26. The number of rotatable bonds is 3. The van der Waals surface area contributed by atoms with E-state index in [1.807, 2.05) is 0 Å². The molecular formula is C14H9F2NO. The van der Waals surface area contributed by atoms with E-state index in [1.165, 1.54) is 36.4 Å².